The molecule has 1 saturated heterocycles. The number of piperidine rings is 1. The molecule has 4 rings (SSSR count). The Morgan fingerprint density at radius 1 is 0.941 bits per heavy atom. The predicted molar refractivity (Wildman–Crippen MR) is 128 cm³/mol. The van der Waals surface area contributed by atoms with Crippen LogP contribution >= 0.6 is 0 Å². The number of ether oxygens (including phenoxy) is 2. The van der Waals surface area contributed by atoms with Gasteiger partial charge in [0.25, 0.3) is 11.7 Å². The maximum atomic E-state index is 13.0. The number of likely N-dealkylation sites (tertiary alicyclic amines) is 1. The monoisotopic (exact) mass is 463 g/mol. The van der Waals surface area contributed by atoms with Crippen LogP contribution in [0.3, 0.4) is 0 Å². The van der Waals surface area contributed by atoms with Crippen LogP contribution < -0.4 is 14.8 Å². The highest BCUT2D eigenvalue weighted by atomic mass is 16.5. The van der Waals surface area contributed by atoms with E-state index in [1.807, 2.05) is 36.4 Å². The molecule has 2 aromatic carbocycles. The van der Waals surface area contributed by atoms with Gasteiger partial charge in [-0.3, -0.25) is 14.4 Å². The first-order valence-electron chi connectivity index (χ1n) is 11.5. The number of fused-ring (bicyclic) bond motifs is 1. The number of hydrogen-bond donors (Lipinski definition) is 1. The zero-order valence-corrected chi connectivity index (χ0v) is 19.3. The molecule has 2 heterocycles. The molecule has 0 bridgehead atoms. The molecule has 0 aliphatic carbocycles. The van der Waals surface area contributed by atoms with Crippen LogP contribution in [0.2, 0.25) is 0 Å². The lowest BCUT2D eigenvalue weighted by Crippen LogP contribution is -2.40. The van der Waals surface area contributed by atoms with Crippen LogP contribution in [-0.2, 0) is 16.1 Å². The third-order valence-corrected chi connectivity index (χ3v) is 5.94. The molecular weight excluding hydrogens is 434 g/mol. The SMILES string of the molecule is COc1ccccc1OCCNC(=O)Cn1cc(C(=O)C(=O)N2CCCCC2)c2ccccc21. The highest BCUT2D eigenvalue weighted by Crippen LogP contribution is 2.25. The summed E-state index contributed by atoms with van der Waals surface area (Å²) >= 11 is 0. The van der Waals surface area contributed by atoms with Crippen molar-refractivity contribution in [1.29, 1.82) is 0 Å². The summed E-state index contributed by atoms with van der Waals surface area (Å²) in [6, 6.07) is 14.6. The van der Waals surface area contributed by atoms with Crippen LogP contribution in [0, 0.1) is 0 Å². The van der Waals surface area contributed by atoms with E-state index in [4.69, 9.17) is 9.47 Å². The summed E-state index contributed by atoms with van der Waals surface area (Å²) in [5, 5.41) is 3.50. The zero-order valence-electron chi connectivity index (χ0n) is 19.3. The molecule has 2 amide bonds. The Morgan fingerprint density at radius 2 is 1.65 bits per heavy atom. The first kappa shape index (κ1) is 23.4. The van der Waals surface area contributed by atoms with E-state index < -0.39 is 11.7 Å². The van der Waals surface area contributed by atoms with Crippen molar-refractivity contribution in [3.8, 4) is 11.5 Å². The van der Waals surface area contributed by atoms with E-state index in [-0.39, 0.29) is 19.1 Å². The standard InChI is InChI=1S/C26H29N3O5/c1-33-22-11-5-6-12-23(22)34-16-13-27-24(30)18-29-17-20(19-9-3-4-10-21(19)29)25(31)26(32)28-14-7-2-8-15-28/h3-6,9-12,17H,2,7-8,13-16,18H2,1H3,(H,27,30). The van der Waals surface area contributed by atoms with Crippen molar-refractivity contribution in [2.24, 2.45) is 0 Å². The third-order valence-electron chi connectivity index (χ3n) is 5.94. The second-order valence-corrected chi connectivity index (χ2v) is 8.22. The largest absolute Gasteiger partial charge is 0.493 e. The van der Waals surface area contributed by atoms with Crippen molar-refractivity contribution in [2.75, 3.05) is 33.4 Å². The summed E-state index contributed by atoms with van der Waals surface area (Å²) in [7, 11) is 1.57. The van der Waals surface area contributed by atoms with Crippen molar-refractivity contribution < 1.29 is 23.9 Å². The number of rotatable bonds is 9. The Kier molecular flexibility index (Phi) is 7.47. The van der Waals surface area contributed by atoms with E-state index in [0.717, 1.165) is 24.8 Å². The number of para-hydroxylation sites is 3. The predicted octanol–water partition coefficient (Wildman–Crippen LogP) is 3.04. The summed E-state index contributed by atoms with van der Waals surface area (Å²) in [5.74, 6) is 0.0230. The van der Waals surface area contributed by atoms with Crippen molar-refractivity contribution in [1.82, 2.24) is 14.8 Å². The Morgan fingerprint density at radius 3 is 2.41 bits per heavy atom. The van der Waals surface area contributed by atoms with Gasteiger partial charge < -0.3 is 24.3 Å². The van der Waals surface area contributed by atoms with Gasteiger partial charge in [0, 0.05) is 30.2 Å². The van der Waals surface area contributed by atoms with Gasteiger partial charge in [0.05, 0.1) is 19.2 Å². The number of carbonyl (C=O) groups is 3. The first-order chi connectivity index (χ1) is 16.6. The number of hydrogen-bond acceptors (Lipinski definition) is 5. The normalized spacial score (nSPS) is 13.5. The smallest absolute Gasteiger partial charge is 0.295 e. The van der Waals surface area contributed by atoms with Gasteiger partial charge in [0.1, 0.15) is 13.2 Å². The van der Waals surface area contributed by atoms with Gasteiger partial charge in [0.2, 0.25) is 5.91 Å². The third kappa shape index (κ3) is 5.22. The average molecular weight is 464 g/mol. The van der Waals surface area contributed by atoms with Crippen LogP contribution in [0.25, 0.3) is 10.9 Å². The minimum atomic E-state index is -0.525. The Balaban J connectivity index is 1.39. The lowest BCUT2D eigenvalue weighted by atomic mass is 10.1. The van der Waals surface area contributed by atoms with Gasteiger partial charge in [-0.2, -0.15) is 0 Å². The van der Waals surface area contributed by atoms with Gasteiger partial charge in [-0.15, -0.1) is 0 Å². The Labute approximate surface area is 198 Å². The molecule has 1 fully saturated rings. The van der Waals surface area contributed by atoms with Crippen molar-refractivity contribution in [3.05, 3.63) is 60.3 Å². The molecule has 1 aliphatic rings. The number of methoxy groups -OCH3 is 1. The number of nitrogens with zero attached hydrogens (tertiary/aromatic N) is 2. The molecule has 8 heteroatoms. The molecule has 0 saturated carbocycles. The summed E-state index contributed by atoms with van der Waals surface area (Å²) in [6.45, 7) is 1.85. The number of nitrogens with one attached hydrogen (secondary N) is 1. The van der Waals surface area contributed by atoms with Crippen LogP contribution in [0.15, 0.2) is 54.7 Å². The topological polar surface area (TPSA) is 89.9 Å². The maximum absolute atomic E-state index is 13.0. The number of ketones is 1. The van der Waals surface area contributed by atoms with Crippen molar-refractivity contribution in [3.63, 3.8) is 0 Å². The van der Waals surface area contributed by atoms with E-state index >= 15 is 0 Å². The molecule has 1 N–H and O–H groups in total. The van der Waals surface area contributed by atoms with Gasteiger partial charge >= 0.3 is 0 Å². The quantitative estimate of drug-likeness (QED) is 0.299. The van der Waals surface area contributed by atoms with Crippen LogP contribution in [0.4, 0.5) is 0 Å². The fourth-order valence-electron chi connectivity index (χ4n) is 4.21. The molecule has 1 aromatic heterocycles. The van der Waals surface area contributed by atoms with Crippen LogP contribution in [0.5, 0.6) is 11.5 Å². The van der Waals surface area contributed by atoms with E-state index in [1.165, 1.54) is 0 Å². The number of Topliss-reactive ketones (excluding diaryl/α,β-unsaturated/α-hetero) is 1. The molecule has 34 heavy (non-hydrogen) atoms. The van der Waals surface area contributed by atoms with Crippen molar-refractivity contribution >= 4 is 28.5 Å². The van der Waals surface area contributed by atoms with Crippen LogP contribution in [-0.4, -0.2) is 60.4 Å². The number of aromatic nitrogens is 1. The van der Waals surface area contributed by atoms with E-state index in [1.54, 1.807) is 34.9 Å². The molecule has 0 spiro atoms. The molecule has 0 unspecified atom stereocenters. The highest BCUT2D eigenvalue weighted by molar-refractivity contribution is 6.44. The van der Waals surface area contributed by atoms with E-state index in [2.05, 4.69) is 5.32 Å². The Hall–Kier alpha value is -3.81. The summed E-state index contributed by atoms with van der Waals surface area (Å²) in [5.41, 5.74) is 1.07. The van der Waals surface area contributed by atoms with Gasteiger partial charge in [-0.05, 0) is 37.5 Å². The second kappa shape index (κ2) is 10.9. The molecule has 178 valence electrons. The lowest BCUT2D eigenvalue weighted by Gasteiger charge is -2.25. The maximum Gasteiger partial charge on any atom is 0.295 e. The summed E-state index contributed by atoms with van der Waals surface area (Å²) < 4.78 is 12.6. The molecule has 3 aromatic rings. The van der Waals surface area contributed by atoms with Gasteiger partial charge in [0.15, 0.2) is 11.5 Å². The molecule has 1 aliphatic heterocycles. The van der Waals surface area contributed by atoms with E-state index in [9.17, 15) is 14.4 Å². The lowest BCUT2D eigenvalue weighted by molar-refractivity contribution is -0.127. The number of benzene rings is 2. The van der Waals surface area contributed by atoms with Crippen molar-refractivity contribution in [2.45, 2.75) is 25.8 Å². The molecule has 0 radical (unpaired) electrons. The molecular formula is C26H29N3O5. The van der Waals surface area contributed by atoms with E-state index in [0.29, 0.717) is 42.1 Å². The van der Waals surface area contributed by atoms with Gasteiger partial charge in [-0.1, -0.05) is 30.3 Å². The highest BCUT2D eigenvalue weighted by Gasteiger charge is 2.27. The molecule has 8 nitrogen and oxygen atoms in total. The summed E-state index contributed by atoms with van der Waals surface area (Å²) in [4.78, 5) is 40.0. The van der Waals surface area contributed by atoms with Crippen LogP contribution in [0.1, 0.15) is 29.6 Å². The minimum absolute atomic E-state index is 0.0281. The summed E-state index contributed by atoms with van der Waals surface area (Å²) in [6.07, 6.45) is 4.53. The fourth-order valence-corrected chi connectivity index (χ4v) is 4.21. The minimum Gasteiger partial charge on any atom is -0.493 e. The first-order valence-corrected chi connectivity index (χ1v) is 11.5. The zero-order chi connectivity index (χ0) is 23.9. The fraction of sp³-hybridized carbons (Fsp3) is 0.346. The second-order valence-electron chi connectivity index (χ2n) is 8.22. The number of amides is 2. The molecule has 0 atom stereocenters. The number of carbonyl (C=O) groups excluding carboxylic acids is 3. The van der Waals surface area contributed by atoms with Gasteiger partial charge in [-0.25, -0.2) is 0 Å². The average Bonchev–Trinajstić information content (AvgIpc) is 3.24. The Bertz CT molecular complexity index is 1180.